The van der Waals surface area contributed by atoms with E-state index in [0.717, 1.165) is 68.2 Å². The van der Waals surface area contributed by atoms with E-state index in [1.54, 1.807) is 18.2 Å². The molecule has 0 amide bonds. The number of fused-ring (bicyclic) bond motifs is 5. The summed E-state index contributed by atoms with van der Waals surface area (Å²) < 4.78 is 123. The largest absolute Gasteiger partial charge is 0.389 e. The van der Waals surface area contributed by atoms with Crippen molar-refractivity contribution in [3.05, 3.63) is 326 Å². The number of hydrogen-bond donors (Lipinski definition) is 0. The van der Waals surface area contributed by atoms with Crippen LogP contribution in [0.2, 0.25) is 0 Å². The smallest absolute Gasteiger partial charge is 0.194 e. The number of rotatable bonds is 15. The van der Waals surface area contributed by atoms with Crippen molar-refractivity contribution in [1.29, 1.82) is 0 Å². The minimum Gasteiger partial charge on any atom is -0.194 e. The molecule has 0 radical (unpaired) electrons. The van der Waals surface area contributed by atoms with Crippen LogP contribution < -0.4 is 22.8 Å². The van der Waals surface area contributed by atoms with E-state index >= 15 is 0 Å². The normalized spacial score (nSPS) is 11.6. The summed E-state index contributed by atoms with van der Waals surface area (Å²) in [4.78, 5) is 0. The van der Waals surface area contributed by atoms with E-state index in [1.807, 2.05) is 100 Å². The third kappa shape index (κ3) is 21.8. The predicted molar refractivity (Wildman–Crippen MR) is 476 cm³/mol. The molecule has 0 spiro atoms. The molecule has 5 aromatic heterocycles. The van der Waals surface area contributed by atoms with Gasteiger partial charge in [0.1, 0.15) is 35.2 Å². The lowest BCUT2D eigenvalue weighted by Gasteiger charge is -2.11. The highest BCUT2D eigenvalue weighted by atomic mass is 19.4. The Bertz CT molecular complexity index is 6250. The van der Waals surface area contributed by atoms with Gasteiger partial charge in [-0.05, 0) is 254 Å². The van der Waals surface area contributed by atoms with Gasteiger partial charge in [-0.3, -0.25) is 0 Å². The second-order valence-corrected chi connectivity index (χ2v) is 32.6. The Hall–Kier alpha value is -11.4. The predicted octanol–water partition coefficient (Wildman–Crippen LogP) is 26.4. The van der Waals surface area contributed by atoms with Gasteiger partial charge in [0, 0.05) is 135 Å². The summed E-state index contributed by atoms with van der Waals surface area (Å²) in [7, 11) is 10.3. The molecule has 0 aliphatic carbocycles. The molecular weight excluding hydrogens is 1510 g/mol. The fourth-order valence-electron chi connectivity index (χ4n) is 16.5. The maximum absolute atomic E-state index is 12.5. The van der Waals surface area contributed by atoms with Crippen molar-refractivity contribution < 1.29 is 62.3 Å². The summed E-state index contributed by atoms with van der Waals surface area (Å²) in [6.45, 7) is 28.0. The number of pyridine rings is 5. The number of aryl methyl sites for hydroxylation is 19. The summed E-state index contributed by atoms with van der Waals surface area (Å²) >= 11 is 0. The second-order valence-electron chi connectivity index (χ2n) is 32.6. The average Bonchev–Trinajstić information content (AvgIpc) is 0.800. The van der Waals surface area contributed by atoms with Crippen molar-refractivity contribution in [2.24, 2.45) is 35.2 Å². The van der Waals surface area contributed by atoms with Crippen LogP contribution in [-0.2, 0) is 67.3 Å². The number of benzene rings is 10. The first-order chi connectivity index (χ1) is 56.9. The highest BCUT2D eigenvalue weighted by Gasteiger charge is 2.30. The van der Waals surface area contributed by atoms with Crippen molar-refractivity contribution in [3.63, 3.8) is 0 Å². The molecule has 0 saturated carbocycles. The molecule has 5 heterocycles. The molecular formula is C106H113F9N5+5. The van der Waals surface area contributed by atoms with Crippen molar-refractivity contribution >= 4 is 54.5 Å². The molecule has 10 aromatic carbocycles. The van der Waals surface area contributed by atoms with Gasteiger partial charge in [0.2, 0.25) is 56.1 Å². The van der Waals surface area contributed by atoms with E-state index in [4.69, 9.17) is 0 Å². The molecule has 0 N–H and O–H groups in total. The monoisotopic (exact) mass is 1630 g/mol. The molecule has 5 nitrogen and oxygen atoms in total. The summed E-state index contributed by atoms with van der Waals surface area (Å²) in [5, 5.41) is 5.62. The number of hydrogen-bond acceptors (Lipinski definition) is 0. The summed E-state index contributed by atoms with van der Waals surface area (Å²) in [6.07, 6.45) is -10.0. The number of alkyl halides is 9. The van der Waals surface area contributed by atoms with Crippen molar-refractivity contribution in [2.45, 2.75) is 173 Å². The Labute approximate surface area is 702 Å². The van der Waals surface area contributed by atoms with Crippen LogP contribution in [-0.4, -0.2) is 18.5 Å². The van der Waals surface area contributed by atoms with E-state index in [1.165, 1.54) is 141 Å². The lowest BCUT2D eigenvalue weighted by atomic mass is 9.96. The Kier molecular flexibility index (Phi) is 28.6. The molecule has 0 atom stereocenters. The lowest BCUT2D eigenvalue weighted by Crippen LogP contribution is -2.32. The summed E-state index contributed by atoms with van der Waals surface area (Å²) in [5.74, 6) is 0. The zero-order valence-corrected chi connectivity index (χ0v) is 72.7. The molecule has 120 heavy (non-hydrogen) atoms. The molecule has 14 heteroatoms. The van der Waals surface area contributed by atoms with Crippen LogP contribution in [0.3, 0.4) is 0 Å². The van der Waals surface area contributed by atoms with E-state index in [-0.39, 0.29) is 19.3 Å². The second kappa shape index (κ2) is 38.3. The fraction of sp³-hybridized carbons (Fsp3) is 0.292. The third-order valence-corrected chi connectivity index (χ3v) is 23.4. The number of nitrogens with zero attached hydrogens (tertiary/aromatic N) is 5. The van der Waals surface area contributed by atoms with Gasteiger partial charge in [0.25, 0.3) is 0 Å². The first kappa shape index (κ1) is 89.4. The van der Waals surface area contributed by atoms with Crippen molar-refractivity contribution in [1.82, 2.24) is 0 Å². The van der Waals surface area contributed by atoms with E-state index in [9.17, 15) is 39.5 Å². The third-order valence-electron chi connectivity index (χ3n) is 23.4. The van der Waals surface area contributed by atoms with Gasteiger partial charge in [0.05, 0.1) is 0 Å². The zero-order valence-electron chi connectivity index (χ0n) is 72.7. The van der Waals surface area contributed by atoms with Gasteiger partial charge in [-0.2, -0.15) is 62.3 Å². The van der Waals surface area contributed by atoms with E-state index < -0.39 is 37.8 Å². The van der Waals surface area contributed by atoms with E-state index in [0.29, 0.717) is 16.7 Å². The summed E-state index contributed by atoms with van der Waals surface area (Å²) in [6, 6.07) is 81.4. The van der Waals surface area contributed by atoms with Crippen molar-refractivity contribution in [2.75, 3.05) is 0 Å². The standard InChI is InChI=1S/C22H23F3N.C22H26N.C21H21F3N.C21H24N.C20H19F3N/c1-14-11-15(2)16(3)19(12-14)21-8-6-18-13-17(9-10-22(23,24)25)5-7-20(18)26(21)4;1-6-8-18-9-7-10-21-19(18)11-12-22(23(21)5)20-14-15(2)13-16(3)17(20)4;1-14-4-5-15(2)18(12-14)20-9-7-17-13-16(10-11-21(22,23)24)6-8-19(17)25(20)3;1-5-7-17-8-6-9-20-18(17)12-13-21(22(20)4)19-14-15(2)10-11-16(19)3;1-14-5-3-4-6-17(14)19-10-8-16-13-15(11-12-20(21,22)23)7-9-18(16)24(19)2/h5-8,11-13H,9-10H2,1-4H3;7,9-14H,6,8H2,1-5H3;4-9,12-13H,10-11H2,1-3H3;6,8-14H,5,7H2,1-4H3;3-10,13H,11-12H2,1-2H3/q5*+1. The lowest BCUT2D eigenvalue weighted by molar-refractivity contribution is -0.633. The van der Waals surface area contributed by atoms with Gasteiger partial charge in [-0.15, -0.1) is 0 Å². The maximum Gasteiger partial charge on any atom is 0.389 e. The Balaban J connectivity index is 0.000000147. The molecule has 620 valence electrons. The van der Waals surface area contributed by atoms with Gasteiger partial charge in [-0.25, -0.2) is 0 Å². The van der Waals surface area contributed by atoms with Crippen LogP contribution in [0.1, 0.15) is 135 Å². The SMILES string of the molecule is CCCc1cccc2c1ccc(-c1cc(C)cc(C)c1C)[n+]2C.CCCc1cccc2c1ccc(-c1cc(C)ccc1C)[n+]2C.Cc1cc(C)c(C)c(-c2ccc3cc(CCC(F)(F)F)ccc3[n+]2C)c1.Cc1ccc(C)c(-c2ccc3cc(CCC(F)(F)F)ccc3[n+]2C)c1.Cc1ccccc1-c1ccc2cc(CCC(F)(F)F)ccc2[n+]1C. The highest BCUT2D eigenvalue weighted by molar-refractivity contribution is 5.85. The topological polar surface area (TPSA) is 19.4 Å². The first-order valence-electron chi connectivity index (χ1n) is 41.5. The van der Waals surface area contributed by atoms with Crippen LogP contribution in [0.25, 0.3) is 111 Å². The molecule has 0 saturated heterocycles. The minimum absolute atomic E-state index is 0.0150. The van der Waals surface area contributed by atoms with Crippen molar-refractivity contribution in [3.8, 4) is 56.3 Å². The van der Waals surface area contributed by atoms with Crippen LogP contribution in [0, 0.1) is 76.2 Å². The Morgan fingerprint density at radius 1 is 0.242 bits per heavy atom. The molecule has 0 bridgehead atoms. The number of halogens is 9. The van der Waals surface area contributed by atoms with Gasteiger partial charge < -0.3 is 0 Å². The van der Waals surface area contributed by atoms with E-state index in [2.05, 4.69) is 266 Å². The zero-order chi connectivity index (χ0) is 86.8. The molecule has 15 rings (SSSR count). The van der Waals surface area contributed by atoms with Gasteiger partial charge in [-0.1, -0.05) is 146 Å². The Morgan fingerprint density at radius 3 is 0.892 bits per heavy atom. The molecule has 0 aliphatic rings. The quantitative estimate of drug-likeness (QED) is 0.0720. The molecule has 0 fully saturated rings. The first-order valence-corrected chi connectivity index (χ1v) is 41.5. The van der Waals surface area contributed by atoms with Crippen LogP contribution in [0.15, 0.2) is 237 Å². The maximum atomic E-state index is 12.5. The Morgan fingerprint density at radius 2 is 0.550 bits per heavy atom. The average molecular weight is 1630 g/mol. The van der Waals surface area contributed by atoms with Crippen LogP contribution >= 0.6 is 0 Å². The van der Waals surface area contributed by atoms with Crippen LogP contribution in [0.4, 0.5) is 39.5 Å². The molecule has 15 aromatic rings. The molecule has 0 unspecified atom stereocenters. The van der Waals surface area contributed by atoms with Gasteiger partial charge >= 0.3 is 18.5 Å². The molecule has 0 aliphatic heterocycles. The fourth-order valence-corrected chi connectivity index (χ4v) is 16.5. The summed E-state index contributed by atoms with van der Waals surface area (Å²) in [5.41, 5.74) is 36.7. The van der Waals surface area contributed by atoms with Crippen LogP contribution in [0.5, 0.6) is 0 Å². The van der Waals surface area contributed by atoms with Gasteiger partial charge in [0.15, 0.2) is 0 Å². The highest BCUT2D eigenvalue weighted by Crippen LogP contribution is 2.34. The minimum atomic E-state index is -4.12. The number of aromatic nitrogens is 5.